The summed E-state index contributed by atoms with van der Waals surface area (Å²) < 4.78 is 0. The largest absolute Gasteiger partial charge is 0.384 e. The van der Waals surface area contributed by atoms with Crippen molar-refractivity contribution in [3.63, 3.8) is 0 Å². The first-order chi connectivity index (χ1) is 9.67. The predicted molar refractivity (Wildman–Crippen MR) is 79.5 cm³/mol. The Hall–Kier alpha value is -1.79. The lowest BCUT2D eigenvalue weighted by molar-refractivity contribution is 0.0743. The zero-order valence-electron chi connectivity index (χ0n) is 12.1. The highest BCUT2D eigenvalue weighted by Gasteiger charge is 2.32. The van der Waals surface area contributed by atoms with Gasteiger partial charge in [0.2, 0.25) is 0 Å². The Morgan fingerprint density at radius 1 is 1.45 bits per heavy atom. The van der Waals surface area contributed by atoms with Gasteiger partial charge in [-0.2, -0.15) is 0 Å². The number of carbonyl (C=O) groups excluding carboxylic acids is 1. The summed E-state index contributed by atoms with van der Waals surface area (Å²) in [5, 5.41) is 8.73. The number of nitrogens with zero attached hydrogens (tertiary/aromatic N) is 1. The Morgan fingerprint density at radius 2 is 2.20 bits per heavy atom. The number of benzene rings is 1. The molecule has 0 unspecified atom stereocenters. The van der Waals surface area contributed by atoms with Gasteiger partial charge in [-0.3, -0.25) is 4.79 Å². The third-order valence-corrected chi connectivity index (χ3v) is 3.49. The van der Waals surface area contributed by atoms with E-state index in [0.29, 0.717) is 6.04 Å². The maximum Gasteiger partial charge on any atom is 0.254 e. The number of amides is 1. The molecule has 1 aromatic rings. The summed E-state index contributed by atoms with van der Waals surface area (Å²) in [5.41, 5.74) is 2.57. The molecule has 0 radical (unpaired) electrons. The zero-order valence-corrected chi connectivity index (χ0v) is 12.1. The van der Waals surface area contributed by atoms with Crippen molar-refractivity contribution in [3.8, 4) is 11.8 Å². The van der Waals surface area contributed by atoms with Crippen LogP contribution in [0.25, 0.3) is 0 Å². The van der Waals surface area contributed by atoms with E-state index in [1.165, 1.54) is 0 Å². The molecule has 1 saturated carbocycles. The standard InChI is InChI=1S/C17H21NO2/c1-3-10-18(16-8-9-16)17(20)15-7-6-14(5-4-11-19)13(2)12-15/h6-7,12,16,19H,3,8-11H2,1-2H3. The molecule has 1 aliphatic carbocycles. The number of carbonyl (C=O) groups is 1. The maximum absolute atomic E-state index is 12.5. The van der Waals surface area contributed by atoms with Crippen LogP contribution in [0.15, 0.2) is 18.2 Å². The van der Waals surface area contributed by atoms with Gasteiger partial charge in [-0.25, -0.2) is 0 Å². The van der Waals surface area contributed by atoms with E-state index in [1.807, 2.05) is 30.0 Å². The Morgan fingerprint density at radius 3 is 2.75 bits per heavy atom. The van der Waals surface area contributed by atoms with Gasteiger partial charge in [0.05, 0.1) is 0 Å². The number of aliphatic hydroxyl groups is 1. The van der Waals surface area contributed by atoms with Gasteiger partial charge in [0, 0.05) is 23.7 Å². The van der Waals surface area contributed by atoms with Crippen molar-refractivity contribution in [3.05, 3.63) is 34.9 Å². The van der Waals surface area contributed by atoms with Crippen molar-refractivity contribution in [1.29, 1.82) is 0 Å². The maximum atomic E-state index is 12.5. The fraction of sp³-hybridized carbons (Fsp3) is 0.471. The highest BCUT2D eigenvalue weighted by atomic mass is 16.2. The van der Waals surface area contributed by atoms with Gasteiger partial charge in [0.25, 0.3) is 5.91 Å². The van der Waals surface area contributed by atoms with E-state index in [-0.39, 0.29) is 12.5 Å². The van der Waals surface area contributed by atoms with Crippen LogP contribution in [0.4, 0.5) is 0 Å². The lowest BCUT2D eigenvalue weighted by atomic mass is 10.0. The van der Waals surface area contributed by atoms with Crippen LogP contribution in [0.3, 0.4) is 0 Å². The normalized spacial score (nSPS) is 13.6. The van der Waals surface area contributed by atoms with Gasteiger partial charge >= 0.3 is 0 Å². The SMILES string of the molecule is CCCN(C(=O)c1ccc(C#CCO)c(C)c1)C1CC1. The molecule has 0 spiro atoms. The van der Waals surface area contributed by atoms with E-state index in [2.05, 4.69) is 18.8 Å². The average Bonchev–Trinajstić information content (AvgIpc) is 3.27. The predicted octanol–water partition coefficient (Wildman–Crippen LogP) is 2.35. The molecular weight excluding hydrogens is 250 g/mol. The van der Waals surface area contributed by atoms with E-state index in [0.717, 1.165) is 42.5 Å². The van der Waals surface area contributed by atoms with Crippen LogP contribution in [-0.2, 0) is 0 Å². The Labute approximate surface area is 120 Å². The van der Waals surface area contributed by atoms with E-state index in [4.69, 9.17) is 5.11 Å². The Balaban J connectivity index is 2.19. The molecule has 3 nitrogen and oxygen atoms in total. The second kappa shape index (κ2) is 6.58. The van der Waals surface area contributed by atoms with Crippen LogP contribution >= 0.6 is 0 Å². The van der Waals surface area contributed by atoms with Crippen LogP contribution in [-0.4, -0.2) is 35.1 Å². The summed E-state index contributed by atoms with van der Waals surface area (Å²) >= 11 is 0. The molecule has 0 aliphatic heterocycles. The van der Waals surface area contributed by atoms with Crippen molar-refractivity contribution in [2.24, 2.45) is 0 Å². The van der Waals surface area contributed by atoms with Gasteiger partial charge in [0.15, 0.2) is 0 Å². The third-order valence-electron chi connectivity index (χ3n) is 3.49. The van der Waals surface area contributed by atoms with Crippen LogP contribution in [0.5, 0.6) is 0 Å². The van der Waals surface area contributed by atoms with Crippen LogP contribution in [0.2, 0.25) is 0 Å². The smallest absolute Gasteiger partial charge is 0.254 e. The minimum Gasteiger partial charge on any atom is -0.384 e. The summed E-state index contributed by atoms with van der Waals surface area (Å²) in [5.74, 6) is 5.65. The van der Waals surface area contributed by atoms with E-state index < -0.39 is 0 Å². The van der Waals surface area contributed by atoms with E-state index in [9.17, 15) is 4.79 Å². The zero-order chi connectivity index (χ0) is 14.5. The van der Waals surface area contributed by atoms with Crippen LogP contribution < -0.4 is 0 Å². The molecular formula is C17H21NO2. The second-order valence-corrected chi connectivity index (χ2v) is 5.22. The number of aryl methyl sites for hydroxylation is 1. The molecule has 1 aromatic carbocycles. The van der Waals surface area contributed by atoms with Crippen LogP contribution in [0.1, 0.15) is 47.7 Å². The van der Waals surface area contributed by atoms with Crippen molar-refractivity contribution in [2.45, 2.75) is 39.2 Å². The highest BCUT2D eigenvalue weighted by Crippen LogP contribution is 2.28. The minimum atomic E-state index is -0.147. The molecule has 0 aromatic heterocycles. The lowest BCUT2D eigenvalue weighted by Crippen LogP contribution is -2.33. The first kappa shape index (κ1) is 14.6. The second-order valence-electron chi connectivity index (χ2n) is 5.22. The first-order valence-corrected chi connectivity index (χ1v) is 7.18. The molecule has 1 N–H and O–H groups in total. The first-order valence-electron chi connectivity index (χ1n) is 7.18. The van der Waals surface area contributed by atoms with Gasteiger partial charge in [-0.1, -0.05) is 18.8 Å². The number of hydrogen-bond donors (Lipinski definition) is 1. The molecule has 1 fully saturated rings. The van der Waals surface area contributed by atoms with Crippen molar-refractivity contribution in [1.82, 2.24) is 4.90 Å². The number of aliphatic hydroxyl groups excluding tert-OH is 1. The summed E-state index contributed by atoms with van der Waals surface area (Å²) in [6, 6.07) is 6.04. The van der Waals surface area contributed by atoms with Crippen molar-refractivity contribution < 1.29 is 9.90 Å². The monoisotopic (exact) mass is 271 g/mol. The summed E-state index contributed by atoms with van der Waals surface area (Å²) in [6.45, 7) is 4.72. The topological polar surface area (TPSA) is 40.5 Å². The quantitative estimate of drug-likeness (QED) is 0.854. The summed E-state index contributed by atoms with van der Waals surface area (Å²) in [4.78, 5) is 14.5. The molecule has 1 amide bonds. The van der Waals surface area contributed by atoms with Gasteiger partial charge in [-0.15, -0.1) is 0 Å². The molecule has 106 valence electrons. The summed E-state index contributed by atoms with van der Waals surface area (Å²) in [6.07, 6.45) is 3.25. The number of hydrogen-bond acceptors (Lipinski definition) is 2. The molecule has 0 heterocycles. The third kappa shape index (κ3) is 3.40. The molecule has 20 heavy (non-hydrogen) atoms. The molecule has 2 rings (SSSR count). The number of rotatable bonds is 4. The van der Waals surface area contributed by atoms with Gasteiger partial charge in [0.1, 0.15) is 6.61 Å². The lowest BCUT2D eigenvalue weighted by Gasteiger charge is -2.22. The Kier molecular flexibility index (Phi) is 4.81. The highest BCUT2D eigenvalue weighted by molar-refractivity contribution is 5.95. The van der Waals surface area contributed by atoms with Crippen LogP contribution in [0, 0.1) is 18.8 Å². The average molecular weight is 271 g/mol. The van der Waals surface area contributed by atoms with E-state index in [1.54, 1.807) is 0 Å². The fourth-order valence-corrected chi connectivity index (χ4v) is 2.31. The molecule has 0 atom stereocenters. The van der Waals surface area contributed by atoms with Crippen molar-refractivity contribution in [2.75, 3.05) is 13.2 Å². The summed E-state index contributed by atoms with van der Waals surface area (Å²) in [7, 11) is 0. The van der Waals surface area contributed by atoms with Gasteiger partial charge < -0.3 is 10.0 Å². The minimum absolute atomic E-state index is 0.124. The molecule has 1 aliphatic rings. The Bertz CT molecular complexity index is 550. The van der Waals surface area contributed by atoms with Crippen molar-refractivity contribution >= 4 is 5.91 Å². The molecule has 3 heteroatoms. The molecule has 0 bridgehead atoms. The molecule has 0 saturated heterocycles. The fourth-order valence-electron chi connectivity index (χ4n) is 2.31. The van der Waals surface area contributed by atoms with Gasteiger partial charge in [-0.05, 0) is 49.9 Å². The van der Waals surface area contributed by atoms with E-state index >= 15 is 0 Å².